The Hall–Kier alpha value is -2.40. The molecule has 0 spiro atoms. The lowest BCUT2D eigenvalue weighted by Crippen LogP contribution is -2.36. The minimum Gasteiger partial charge on any atom is -0.378 e. The molecule has 0 N–H and O–H groups in total. The lowest BCUT2D eigenvalue weighted by Gasteiger charge is -2.29. The van der Waals surface area contributed by atoms with E-state index in [0.29, 0.717) is 18.9 Å². The van der Waals surface area contributed by atoms with Gasteiger partial charge in [0.2, 0.25) is 0 Å². The average molecular weight is 386 g/mol. The zero-order valence-electron chi connectivity index (χ0n) is 17.8. The van der Waals surface area contributed by atoms with Crippen LogP contribution in [0.4, 0.5) is 10.1 Å². The first-order valence-electron chi connectivity index (χ1n) is 10.1. The molecule has 3 rings (SSSR count). The highest BCUT2D eigenvalue weighted by Crippen LogP contribution is 2.26. The molecule has 2 aromatic rings. The van der Waals surface area contributed by atoms with Crippen LogP contribution in [0.25, 0.3) is 11.3 Å². The van der Waals surface area contributed by atoms with Gasteiger partial charge in [-0.15, -0.1) is 0 Å². The summed E-state index contributed by atoms with van der Waals surface area (Å²) in [7, 11) is 0. The van der Waals surface area contributed by atoms with E-state index in [-0.39, 0.29) is 5.82 Å². The van der Waals surface area contributed by atoms with Crippen LogP contribution in [0.2, 0.25) is 0 Å². The third-order valence-electron chi connectivity index (χ3n) is 4.72. The largest absolute Gasteiger partial charge is 0.378 e. The predicted octanol–water partition coefficient (Wildman–Crippen LogP) is 5.42. The summed E-state index contributed by atoms with van der Waals surface area (Å²) in [6, 6.07) is 5.33. The molecule has 0 atom stereocenters. The zero-order chi connectivity index (χ0) is 20.7. The fraction of sp³-hybridized carbons (Fsp3) is 0.435. The monoisotopic (exact) mass is 385 g/mol. The number of halogens is 1. The maximum Gasteiger partial charge on any atom is 0.150 e. The van der Waals surface area contributed by atoms with Gasteiger partial charge in [0, 0.05) is 30.5 Å². The second kappa shape index (κ2) is 10.2. The molecule has 0 radical (unpaired) electrons. The van der Waals surface area contributed by atoms with Crippen LogP contribution in [0.1, 0.15) is 45.9 Å². The standard InChI is InChI=1S/C21H26FN3O.C2H6/c1-5-16-14-25(23-21(16)18(6-2)15(3)4)20-8-7-17(13-19(20)22)24-9-11-26-12-10-24;1-2/h6-8,13-14H,2,5,9-12H2,1,3-4H3;1-2H3. The third kappa shape index (κ3) is 4.71. The number of aromatic nitrogens is 2. The van der Waals surface area contributed by atoms with Crippen molar-refractivity contribution in [3.05, 3.63) is 59.7 Å². The first-order valence-corrected chi connectivity index (χ1v) is 10.1. The highest BCUT2D eigenvalue weighted by Gasteiger charge is 2.17. The summed E-state index contributed by atoms with van der Waals surface area (Å²) < 4.78 is 21.8. The van der Waals surface area contributed by atoms with E-state index in [2.05, 4.69) is 23.5 Å². The minimum absolute atomic E-state index is 0.275. The molecule has 4 nitrogen and oxygen atoms in total. The van der Waals surface area contributed by atoms with Gasteiger partial charge in [0.15, 0.2) is 5.82 Å². The van der Waals surface area contributed by atoms with Crippen LogP contribution in [0.15, 0.2) is 42.6 Å². The lowest BCUT2D eigenvalue weighted by molar-refractivity contribution is 0.122. The molecular formula is C23H32FN3O. The van der Waals surface area contributed by atoms with E-state index in [9.17, 15) is 4.39 Å². The van der Waals surface area contributed by atoms with Crippen LogP contribution in [-0.2, 0) is 11.2 Å². The number of hydrogen-bond donors (Lipinski definition) is 0. The number of anilines is 1. The molecule has 1 aromatic heterocycles. The second-order valence-corrected chi connectivity index (χ2v) is 6.65. The van der Waals surface area contributed by atoms with Gasteiger partial charge in [-0.3, -0.25) is 0 Å². The van der Waals surface area contributed by atoms with Crippen LogP contribution < -0.4 is 4.90 Å². The molecule has 1 aliphatic rings. The number of hydrogen-bond acceptors (Lipinski definition) is 3. The van der Waals surface area contributed by atoms with E-state index >= 15 is 0 Å². The van der Waals surface area contributed by atoms with Crippen LogP contribution in [0.5, 0.6) is 0 Å². The lowest BCUT2D eigenvalue weighted by atomic mass is 10.0. The summed E-state index contributed by atoms with van der Waals surface area (Å²) in [5.41, 5.74) is 5.44. The Morgan fingerprint density at radius 2 is 1.93 bits per heavy atom. The molecule has 2 heterocycles. The van der Waals surface area contributed by atoms with Gasteiger partial charge >= 0.3 is 0 Å². The molecule has 1 aliphatic heterocycles. The Balaban J connectivity index is 0.00000136. The number of rotatable bonds is 5. The summed E-state index contributed by atoms with van der Waals surface area (Å²) >= 11 is 0. The highest BCUT2D eigenvalue weighted by molar-refractivity contribution is 5.75. The van der Waals surface area contributed by atoms with E-state index in [1.807, 2.05) is 46.0 Å². The van der Waals surface area contributed by atoms with E-state index in [1.54, 1.807) is 16.8 Å². The van der Waals surface area contributed by atoms with Gasteiger partial charge in [0.05, 0.1) is 18.9 Å². The summed E-state index contributed by atoms with van der Waals surface area (Å²) in [5.74, 6) is -0.275. The molecule has 0 aliphatic carbocycles. The van der Waals surface area contributed by atoms with Gasteiger partial charge in [0.25, 0.3) is 0 Å². The normalized spacial score (nSPS) is 13.6. The smallest absolute Gasteiger partial charge is 0.150 e. The van der Waals surface area contributed by atoms with Crippen LogP contribution in [0, 0.1) is 5.82 Å². The van der Waals surface area contributed by atoms with Crippen molar-refractivity contribution >= 4 is 11.3 Å². The highest BCUT2D eigenvalue weighted by atomic mass is 19.1. The van der Waals surface area contributed by atoms with Crippen molar-refractivity contribution in [3.8, 4) is 5.69 Å². The van der Waals surface area contributed by atoms with E-state index in [1.165, 1.54) is 0 Å². The Labute approximate surface area is 168 Å². The molecule has 0 unspecified atom stereocenters. The van der Waals surface area contributed by atoms with Crippen molar-refractivity contribution in [2.45, 2.75) is 41.0 Å². The molecule has 5 heteroatoms. The summed E-state index contributed by atoms with van der Waals surface area (Å²) in [6.45, 7) is 17.0. The van der Waals surface area contributed by atoms with Crippen LogP contribution in [-0.4, -0.2) is 36.1 Å². The number of allylic oxidation sites excluding steroid dienone is 3. The fourth-order valence-electron chi connectivity index (χ4n) is 3.26. The molecule has 1 aromatic carbocycles. The van der Waals surface area contributed by atoms with Crippen molar-refractivity contribution in [2.75, 3.05) is 31.2 Å². The minimum atomic E-state index is -0.275. The fourth-order valence-corrected chi connectivity index (χ4v) is 3.26. The van der Waals surface area contributed by atoms with Gasteiger partial charge in [-0.05, 0) is 44.0 Å². The van der Waals surface area contributed by atoms with Gasteiger partial charge < -0.3 is 9.64 Å². The molecule has 152 valence electrons. The number of benzene rings is 1. The quantitative estimate of drug-likeness (QED) is 0.644. The predicted molar refractivity (Wildman–Crippen MR) is 116 cm³/mol. The van der Waals surface area contributed by atoms with E-state index < -0.39 is 0 Å². The van der Waals surface area contributed by atoms with E-state index in [0.717, 1.165) is 47.6 Å². The maximum absolute atomic E-state index is 14.8. The molecule has 0 bridgehead atoms. The Kier molecular flexibility index (Phi) is 8.00. The molecule has 28 heavy (non-hydrogen) atoms. The first kappa shape index (κ1) is 21.9. The number of aryl methyl sites for hydroxylation is 1. The van der Waals surface area contributed by atoms with Crippen molar-refractivity contribution in [1.29, 1.82) is 0 Å². The van der Waals surface area contributed by atoms with Crippen molar-refractivity contribution in [3.63, 3.8) is 0 Å². The zero-order valence-corrected chi connectivity index (χ0v) is 17.8. The summed E-state index contributed by atoms with van der Waals surface area (Å²) in [6.07, 6.45) is 4.56. The number of morpholine rings is 1. The molecule has 0 saturated carbocycles. The van der Waals surface area contributed by atoms with Gasteiger partial charge in [0.1, 0.15) is 5.69 Å². The summed E-state index contributed by atoms with van der Waals surface area (Å²) in [4.78, 5) is 2.14. The van der Waals surface area contributed by atoms with Crippen molar-refractivity contribution in [1.82, 2.24) is 9.78 Å². The topological polar surface area (TPSA) is 30.3 Å². The molecule has 1 fully saturated rings. The van der Waals surface area contributed by atoms with Gasteiger partial charge in [-0.1, -0.05) is 39.0 Å². The van der Waals surface area contributed by atoms with E-state index in [4.69, 9.17) is 4.74 Å². The van der Waals surface area contributed by atoms with Crippen LogP contribution in [0.3, 0.4) is 0 Å². The molecule has 0 amide bonds. The number of nitrogens with zero attached hydrogens (tertiary/aromatic N) is 3. The first-order chi connectivity index (χ1) is 13.5. The van der Waals surface area contributed by atoms with Gasteiger partial charge in [-0.25, -0.2) is 9.07 Å². The van der Waals surface area contributed by atoms with Gasteiger partial charge in [-0.2, -0.15) is 5.10 Å². The third-order valence-corrected chi connectivity index (χ3v) is 4.72. The maximum atomic E-state index is 14.8. The SMILES string of the molecule is C=CC(=C(C)C)c1nn(-c2ccc(N3CCOCC3)cc2F)cc1CC.CC. The second-order valence-electron chi connectivity index (χ2n) is 6.65. The Morgan fingerprint density at radius 3 is 2.46 bits per heavy atom. The molecular weight excluding hydrogens is 353 g/mol. The Bertz CT molecular complexity index is 828. The molecule has 1 saturated heterocycles. The Morgan fingerprint density at radius 1 is 1.25 bits per heavy atom. The van der Waals surface area contributed by atoms with Crippen molar-refractivity contribution < 1.29 is 9.13 Å². The van der Waals surface area contributed by atoms with Crippen LogP contribution >= 0.6 is 0 Å². The van der Waals surface area contributed by atoms with Crippen molar-refractivity contribution in [2.24, 2.45) is 0 Å². The average Bonchev–Trinajstić information content (AvgIpc) is 3.14. The number of ether oxygens (including phenoxy) is 1. The summed E-state index contributed by atoms with van der Waals surface area (Å²) in [5, 5.41) is 4.66.